The van der Waals surface area contributed by atoms with Crippen LogP contribution in [0.1, 0.15) is 26.7 Å². The summed E-state index contributed by atoms with van der Waals surface area (Å²) >= 11 is 0. The summed E-state index contributed by atoms with van der Waals surface area (Å²) in [6.45, 7) is 3.93. The summed E-state index contributed by atoms with van der Waals surface area (Å²) in [7, 11) is 0. The van der Waals surface area contributed by atoms with E-state index in [1.54, 1.807) is 0 Å². The highest BCUT2D eigenvalue weighted by molar-refractivity contribution is 4.98. The summed E-state index contributed by atoms with van der Waals surface area (Å²) < 4.78 is 43.6. The lowest BCUT2D eigenvalue weighted by Crippen LogP contribution is -2.48. The van der Waals surface area contributed by atoms with Crippen molar-refractivity contribution in [1.29, 1.82) is 0 Å². The van der Waals surface area contributed by atoms with E-state index in [-0.39, 0.29) is 42.9 Å². The number of nitrogens with two attached hydrogens (primary N) is 1. The number of fused-ring (bicyclic) bond motifs is 1. The van der Waals surface area contributed by atoms with E-state index in [4.69, 9.17) is 10.5 Å². The summed E-state index contributed by atoms with van der Waals surface area (Å²) in [5.74, 6) is -0.941. The first-order valence-corrected chi connectivity index (χ1v) is 5.78. The molecular formula is C11H18F3NO. The van der Waals surface area contributed by atoms with Gasteiger partial charge in [-0.1, -0.05) is 6.92 Å². The van der Waals surface area contributed by atoms with Crippen molar-refractivity contribution in [1.82, 2.24) is 0 Å². The van der Waals surface area contributed by atoms with E-state index >= 15 is 0 Å². The van der Waals surface area contributed by atoms with Gasteiger partial charge in [-0.2, -0.15) is 13.2 Å². The minimum atomic E-state index is -4.14. The fraction of sp³-hybridized carbons (Fsp3) is 1.00. The van der Waals surface area contributed by atoms with Crippen LogP contribution in [0.15, 0.2) is 0 Å². The van der Waals surface area contributed by atoms with Gasteiger partial charge in [-0.25, -0.2) is 0 Å². The smallest absolute Gasteiger partial charge is 0.375 e. The Morgan fingerprint density at radius 2 is 1.81 bits per heavy atom. The van der Waals surface area contributed by atoms with E-state index in [1.165, 1.54) is 0 Å². The van der Waals surface area contributed by atoms with Crippen LogP contribution in [-0.4, -0.2) is 24.4 Å². The SMILES string of the molecule is C[C@H]1[C@H]2[C@H](N)C[C@H](C(F)(F)F)C[C@@H]2O[C@@H]1C. The third kappa shape index (κ3) is 1.95. The molecule has 0 aromatic rings. The molecule has 1 aliphatic heterocycles. The Bertz CT molecular complexity index is 268. The minimum Gasteiger partial charge on any atom is -0.375 e. The van der Waals surface area contributed by atoms with E-state index in [9.17, 15) is 13.2 Å². The molecule has 6 atom stereocenters. The maximum absolute atomic E-state index is 12.7. The average molecular weight is 237 g/mol. The Balaban J connectivity index is 2.12. The van der Waals surface area contributed by atoms with Crippen LogP contribution in [0.25, 0.3) is 0 Å². The molecule has 0 aromatic heterocycles. The molecule has 2 aliphatic rings. The van der Waals surface area contributed by atoms with Crippen molar-refractivity contribution < 1.29 is 17.9 Å². The molecule has 2 nitrogen and oxygen atoms in total. The van der Waals surface area contributed by atoms with Gasteiger partial charge in [0.25, 0.3) is 0 Å². The van der Waals surface area contributed by atoms with Crippen molar-refractivity contribution in [3.8, 4) is 0 Å². The highest BCUT2D eigenvalue weighted by atomic mass is 19.4. The predicted molar refractivity (Wildman–Crippen MR) is 53.7 cm³/mol. The predicted octanol–water partition coefficient (Wildman–Crippen LogP) is 2.33. The Morgan fingerprint density at radius 3 is 2.38 bits per heavy atom. The van der Waals surface area contributed by atoms with E-state index in [0.717, 1.165) is 0 Å². The van der Waals surface area contributed by atoms with Crippen LogP contribution in [0.3, 0.4) is 0 Å². The zero-order valence-corrected chi connectivity index (χ0v) is 9.50. The molecule has 16 heavy (non-hydrogen) atoms. The fourth-order valence-electron chi connectivity index (χ4n) is 3.15. The largest absolute Gasteiger partial charge is 0.391 e. The summed E-state index contributed by atoms with van der Waals surface area (Å²) in [5, 5.41) is 0. The number of alkyl halides is 3. The Labute approximate surface area is 93.3 Å². The minimum absolute atomic E-state index is 0.0213. The number of ether oxygens (including phenoxy) is 1. The molecule has 0 aromatic carbocycles. The lowest BCUT2D eigenvalue weighted by Gasteiger charge is -2.37. The number of rotatable bonds is 0. The zero-order chi connectivity index (χ0) is 12.1. The van der Waals surface area contributed by atoms with E-state index in [2.05, 4.69) is 0 Å². The van der Waals surface area contributed by atoms with E-state index < -0.39 is 12.1 Å². The summed E-state index contributed by atoms with van der Waals surface area (Å²) in [6, 6.07) is -0.384. The number of hydrogen-bond acceptors (Lipinski definition) is 2. The lowest BCUT2D eigenvalue weighted by molar-refractivity contribution is -0.195. The van der Waals surface area contributed by atoms with Crippen LogP contribution in [0.4, 0.5) is 13.2 Å². The van der Waals surface area contributed by atoms with Gasteiger partial charge in [-0.15, -0.1) is 0 Å². The maximum atomic E-state index is 12.7. The molecule has 0 unspecified atom stereocenters. The molecule has 2 rings (SSSR count). The molecule has 1 aliphatic carbocycles. The molecule has 1 saturated heterocycles. The number of hydrogen-bond donors (Lipinski definition) is 1. The summed E-state index contributed by atoms with van der Waals surface area (Å²) in [5.41, 5.74) is 5.88. The second kappa shape index (κ2) is 3.88. The monoisotopic (exact) mass is 237 g/mol. The van der Waals surface area contributed by atoms with Crippen LogP contribution in [-0.2, 0) is 4.74 Å². The van der Waals surface area contributed by atoms with Crippen LogP contribution in [0, 0.1) is 17.8 Å². The van der Waals surface area contributed by atoms with E-state index in [0.29, 0.717) is 0 Å². The molecule has 5 heteroatoms. The lowest BCUT2D eigenvalue weighted by atomic mass is 9.72. The fourth-order valence-corrected chi connectivity index (χ4v) is 3.15. The molecule has 2 fully saturated rings. The van der Waals surface area contributed by atoms with Gasteiger partial charge >= 0.3 is 6.18 Å². The molecular weight excluding hydrogens is 219 g/mol. The standard InChI is InChI=1S/C11H18F3NO/c1-5-6(2)16-9-4-7(11(12,13)14)3-8(15)10(5)9/h5-10H,3-4,15H2,1-2H3/t5-,6-,7+,8-,9+,10+/m1/s1. The van der Waals surface area contributed by atoms with Crippen molar-refractivity contribution in [2.75, 3.05) is 0 Å². The highest BCUT2D eigenvalue weighted by Crippen LogP contribution is 2.46. The third-order valence-electron chi connectivity index (χ3n) is 4.20. The molecule has 1 heterocycles. The van der Waals surface area contributed by atoms with Crippen LogP contribution in [0.2, 0.25) is 0 Å². The zero-order valence-electron chi connectivity index (χ0n) is 9.50. The van der Waals surface area contributed by atoms with Gasteiger partial charge < -0.3 is 10.5 Å². The third-order valence-corrected chi connectivity index (χ3v) is 4.20. The van der Waals surface area contributed by atoms with Crippen LogP contribution >= 0.6 is 0 Å². The van der Waals surface area contributed by atoms with Gasteiger partial charge in [0.05, 0.1) is 18.1 Å². The summed E-state index contributed by atoms with van der Waals surface area (Å²) in [6.07, 6.45) is -4.30. The molecule has 1 saturated carbocycles. The van der Waals surface area contributed by atoms with Crippen LogP contribution < -0.4 is 5.73 Å². The van der Waals surface area contributed by atoms with Crippen molar-refractivity contribution in [2.24, 2.45) is 23.5 Å². The van der Waals surface area contributed by atoms with Gasteiger partial charge in [0.15, 0.2) is 0 Å². The maximum Gasteiger partial charge on any atom is 0.391 e. The van der Waals surface area contributed by atoms with Crippen molar-refractivity contribution in [3.63, 3.8) is 0 Å². The first-order valence-electron chi connectivity index (χ1n) is 5.78. The number of halogens is 3. The molecule has 0 bridgehead atoms. The Morgan fingerprint density at radius 1 is 1.19 bits per heavy atom. The summed E-state index contributed by atoms with van der Waals surface area (Å²) in [4.78, 5) is 0. The van der Waals surface area contributed by atoms with Gasteiger partial charge in [-0.3, -0.25) is 0 Å². The first kappa shape index (κ1) is 12.2. The molecule has 0 radical (unpaired) electrons. The second-order valence-corrected chi connectivity index (χ2v) is 5.19. The van der Waals surface area contributed by atoms with Gasteiger partial charge in [0.1, 0.15) is 0 Å². The molecule has 0 spiro atoms. The van der Waals surface area contributed by atoms with Crippen molar-refractivity contribution >= 4 is 0 Å². The van der Waals surface area contributed by atoms with E-state index in [1.807, 2.05) is 13.8 Å². The quantitative estimate of drug-likeness (QED) is 0.701. The van der Waals surface area contributed by atoms with Gasteiger partial charge in [0, 0.05) is 12.0 Å². The Kier molecular flexibility index (Phi) is 2.95. The molecule has 0 amide bonds. The first-order chi connectivity index (χ1) is 7.30. The second-order valence-electron chi connectivity index (χ2n) is 5.19. The average Bonchev–Trinajstić information content (AvgIpc) is 2.41. The van der Waals surface area contributed by atoms with Gasteiger partial charge in [0.2, 0.25) is 0 Å². The normalized spacial score (nSPS) is 49.1. The highest BCUT2D eigenvalue weighted by Gasteiger charge is 2.53. The van der Waals surface area contributed by atoms with Crippen LogP contribution in [0.5, 0.6) is 0 Å². The topological polar surface area (TPSA) is 35.2 Å². The van der Waals surface area contributed by atoms with Gasteiger partial charge in [-0.05, 0) is 25.7 Å². The molecule has 94 valence electrons. The molecule has 2 N–H and O–H groups in total. The van der Waals surface area contributed by atoms with Crippen molar-refractivity contribution in [3.05, 3.63) is 0 Å². The Hall–Kier alpha value is -0.290. The van der Waals surface area contributed by atoms with Crippen molar-refractivity contribution in [2.45, 2.75) is 51.1 Å².